The lowest BCUT2D eigenvalue weighted by Crippen LogP contribution is -2.50. The summed E-state index contributed by atoms with van der Waals surface area (Å²) < 4.78 is 5.43. The van der Waals surface area contributed by atoms with Gasteiger partial charge in [0.25, 0.3) is 0 Å². The van der Waals surface area contributed by atoms with Crippen molar-refractivity contribution in [2.45, 2.75) is 46.3 Å². The van der Waals surface area contributed by atoms with Gasteiger partial charge >= 0.3 is 6.09 Å². The number of ether oxygens (including phenoxy) is 1. The molecule has 138 valence electrons. The van der Waals surface area contributed by atoms with E-state index in [1.54, 1.807) is 4.90 Å². The third kappa shape index (κ3) is 5.66. The van der Waals surface area contributed by atoms with Crippen LogP contribution in [-0.2, 0) is 9.53 Å². The largest absolute Gasteiger partial charge is 0.444 e. The number of hydrogen-bond donors (Lipinski definition) is 1. The predicted molar refractivity (Wildman–Crippen MR) is 98.7 cm³/mol. The van der Waals surface area contributed by atoms with Gasteiger partial charge in [-0.2, -0.15) is 0 Å². The van der Waals surface area contributed by atoms with Crippen LogP contribution < -0.4 is 10.2 Å². The van der Waals surface area contributed by atoms with Crippen LogP contribution in [-0.4, -0.2) is 48.7 Å². The predicted octanol–water partition coefficient (Wildman–Crippen LogP) is 2.94. The Morgan fingerprint density at radius 1 is 1.08 bits per heavy atom. The van der Waals surface area contributed by atoms with Gasteiger partial charge in [-0.25, -0.2) is 4.79 Å². The van der Waals surface area contributed by atoms with Crippen molar-refractivity contribution in [3.8, 4) is 0 Å². The minimum Gasteiger partial charge on any atom is -0.444 e. The van der Waals surface area contributed by atoms with Crippen LogP contribution in [0.4, 0.5) is 10.5 Å². The van der Waals surface area contributed by atoms with E-state index in [-0.39, 0.29) is 18.0 Å². The molecular weight excluding hydrogens is 318 g/mol. The fourth-order valence-corrected chi connectivity index (χ4v) is 2.84. The van der Waals surface area contributed by atoms with E-state index < -0.39 is 5.60 Å². The number of anilines is 1. The Balaban J connectivity index is 1.90. The van der Waals surface area contributed by atoms with E-state index in [0.717, 1.165) is 24.3 Å². The third-order valence-corrected chi connectivity index (χ3v) is 4.11. The molecule has 1 fully saturated rings. The van der Waals surface area contributed by atoms with Gasteiger partial charge in [-0.1, -0.05) is 12.1 Å². The Labute approximate surface area is 150 Å². The number of nitrogens with one attached hydrogen (secondary N) is 1. The van der Waals surface area contributed by atoms with E-state index in [4.69, 9.17) is 4.74 Å². The number of nitrogens with zero attached hydrogens (tertiary/aromatic N) is 2. The van der Waals surface area contributed by atoms with Gasteiger partial charge in [0.05, 0.1) is 6.04 Å². The lowest BCUT2D eigenvalue weighted by Gasteiger charge is -2.36. The molecule has 6 heteroatoms. The molecule has 0 aromatic heterocycles. The van der Waals surface area contributed by atoms with Crippen molar-refractivity contribution in [1.82, 2.24) is 10.2 Å². The van der Waals surface area contributed by atoms with Gasteiger partial charge in [0, 0.05) is 38.8 Å². The highest BCUT2D eigenvalue weighted by atomic mass is 16.6. The standard InChI is InChI=1S/C19H29N3O3/c1-14(20-15(2)23)16-6-8-17(9-7-16)21-10-12-22(13-11-21)18(24)25-19(3,4)5/h6-9,14H,10-13H2,1-5H3,(H,20,23)/t14-/m1/s1. The lowest BCUT2D eigenvalue weighted by atomic mass is 10.1. The summed E-state index contributed by atoms with van der Waals surface area (Å²) >= 11 is 0. The van der Waals surface area contributed by atoms with E-state index in [1.165, 1.54) is 6.92 Å². The van der Waals surface area contributed by atoms with Crippen LogP contribution in [0.25, 0.3) is 0 Å². The van der Waals surface area contributed by atoms with E-state index >= 15 is 0 Å². The molecule has 1 saturated heterocycles. The van der Waals surface area contributed by atoms with Crippen molar-refractivity contribution < 1.29 is 14.3 Å². The normalized spacial score (nSPS) is 16.4. The lowest BCUT2D eigenvalue weighted by molar-refractivity contribution is -0.119. The molecule has 6 nitrogen and oxygen atoms in total. The molecule has 1 atom stereocenters. The summed E-state index contributed by atoms with van der Waals surface area (Å²) in [6, 6.07) is 8.20. The van der Waals surface area contributed by atoms with E-state index in [1.807, 2.05) is 39.8 Å². The minimum atomic E-state index is -0.464. The molecule has 0 spiro atoms. The third-order valence-electron chi connectivity index (χ3n) is 4.11. The summed E-state index contributed by atoms with van der Waals surface area (Å²) in [5, 5.41) is 2.88. The molecule has 0 bridgehead atoms. The van der Waals surface area contributed by atoms with Crippen LogP contribution >= 0.6 is 0 Å². The van der Waals surface area contributed by atoms with Gasteiger partial charge in [0.1, 0.15) is 5.60 Å². The number of carbonyl (C=O) groups excluding carboxylic acids is 2. The zero-order valence-electron chi connectivity index (χ0n) is 15.8. The van der Waals surface area contributed by atoms with Crippen LogP contribution in [0.3, 0.4) is 0 Å². The number of benzene rings is 1. The highest BCUT2D eigenvalue weighted by Crippen LogP contribution is 2.21. The van der Waals surface area contributed by atoms with E-state index in [0.29, 0.717) is 13.1 Å². The molecule has 1 aliphatic heterocycles. The Kier molecular flexibility index (Phi) is 5.93. The molecule has 1 aromatic rings. The fourth-order valence-electron chi connectivity index (χ4n) is 2.84. The zero-order valence-corrected chi connectivity index (χ0v) is 15.8. The number of rotatable bonds is 3. The number of hydrogen-bond acceptors (Lipinski definition) is 4. The molecule has 0 radical (unpaired) electrons. The van der Waals surface area contributed by atoms with Crippen molar-refractivity contribution in [3.05, 3.63) is 29.8 Å². The van der Waals surface area contributed by atoms with E-state index in [2.05, 4.69) is 22.3 Å². The average Bonchev–Trinajstić information content (AvgIpc) is 2.53. The van der Waals surface area contributed by atoms with Crippen LogP contribution in [0.2, 0.25) is 0 Å². The summed E-state index contributed by atoms with van der Waals surface area (Å²) in [5.74, 6) is -0.0326. The number of piperazine rings is 1. The van der Waals surface area contributed by atoms with Gasteiger partial charge < -0.3 is 19.9 Å². The number of amides is 2. The first-order valence-electron chi connectivity index (χ1n) is 8.75. The molecule has 2 rings (SSSR count). The quantitative estimate of drug-likeness (QED) is 0.913. The maximum absolute atomic E-state index is 12.1. The van der Waals surface area contributed by atoms with Crippen molar-refractivity contribution in [3.63, 3.8) is 0 Å². The van der Waals surface area contributed by atoms with Gasteiger partial charge in [0.2, 0.25) is 5.91 Å². The Morgan fingerprint density at radius 3 is 2.12 bits per heavy atom. The molecular formula is C19H29N3O3. The average molecular weight is 347 g/mol. The monoisotopic (exact) mass is 347 g/mol. The molecule has 0 aliphatic carbocycles. The topological polar surface area (TPSA) is 61.9 Å². The van der Waals surface area contributed by atoms with Crippen molar-refractivity contribution >= 4 is 17.7 Å². The Bertz CT molecular complexity index is 599. The second-order valence-electron chi connectivity index (χ2n) is 7.47. The molecule has 1 N–H and O–H groups in total. The summed E-state index contributed by atoms with van der Waals surface area (Å²) in [6.45, 7) is 12.0. The van der Waals surface area contributed by atoms with Crippen molar-refractivity contribution in [1.29, 1.82) is 0 Å². The van der Waals surface area contributed by atoms with Crippen molar-refractivity contribution in [2.24, 2.45) is 0 Å². The Morgan fingerprint density at radius 2 is 1.64 bits per heavy atom. The number of carbonyl (C=O) groups is 2. The molecule has 1 aromatic carbocycles. The summed E-state index contributed by atoms with van der Waals surface area (Å²) in [7, 11) is 0. The first-order chi connectivity index (χ1) is 11.7. The molecule has 25 heavy (non-hydrogen) atoms. The van der Waals surface area contributed by atoms with E-state index in [9.17, 15) is 9.59 Å². The van der Waals surface area contributed by atoms with Crippen LogP contribution in [0.1, 0.15) is 46.2 Å². The highest BCUT2D eigenvalue weighted by molar-refractivity contribution is 5.73. The van der Waals surface area contributed by atoms with Crippen LogP contribution in [0.15, 0.2) is 24.3 Å². The SMILES string of the molecule is CC(=O)N[C@H](C)c1ccc(N2CCN(C(=O)OC(C)(C)C)CC2)cc1. The smallest absolute Gasteiger partial charge is 0.410 e. The minimum absolute atomic E-state index is 0.00411. The van der Waals surface area contributed by atoms with Gasteiger partial charge in [0.15, 0.2) is 0 Å². The summed E-state index contributed by atoms with van der Waals surface area (Å²) in [4.78, 5) is 27.3. The maximum Gasteiger partial charge on any atom is 0.410 e. The second kappa shape index (κ2) is 7.76. The van der Waals surface area contributed by atoms with Crippen LogP contribution in [0.5, 0.6) is 0 Å². The molecule has 0 unspecified atom stereocenters. The van der Waals surface area contributed by atoms with Gasteiger partial charge in [-0.3, -0.25) is 4.79 Å². The highest BCUT2D eigenvalue weighted by Gasteiger charge is 2.25. The first kappa shape index (κ1) is 19.1. The summed E-state index contributed by atoms with van der Waals surface area (Å²) in [6.07, 6.45) is -0.244. The summed E-state index contributed by atoms with van der Waals surface area (Å²) in [5.41, 5.74) is 1.74. The van der Waals surface area contributed by atoms with Gasteiger partial charge in [-0.05, 0) is 45.4 Å². The van der Waals surface area contributed by atoms with Crippen LogP contribution in [0, 0.1) is 0 Å². The molecule has 0 saturated carbocycles. The molecule has 1 aliphatic rings. The maximum atomic E-state index is 12.1. The molecule has 1 heterocycles. The fraction of sp³-hybridized carbons (Fsp3) is 0.579. The first-order valence-corrected chi connectivity index (χ1v) is 8.75. The Hall–Kier alpha value is -2.24. The second-order valence-corrected chi connectivity index (χ2v) is 7.47. The zero-order chi connectivity index (χ0) is 18.6. The van der Waals surface area contributed by atoms with Crippen molar-refractivity contribution in [2.75, 3.05) is 31.1 Å². The molecule has 2 amide bonds. The van der Waals surface area contributed by atoms with Gasteiger partial charge in [-0.15, -0.1) is 0 Å².